The number of carbonyl (C=O) groups excluding carboxylic acids is 1. The largest absolute Gasteiger partial charge is 0.432 e. The number of carbonyl (C=O) groups is 1. The molecule has 0 aliphatic carbocycles. The fraction of sp³-hybridized carbons (Fsp3) is 0.133. The van der Waals surface area contributed by atoms with E-state index < -0.39 is 5.91 Å². The number of thiazole rings is 1. The third-order valence-corrected chi connectivity index (χ3v) is 4.07. The normalized spacial score (nSPS) is 10.7. The van der Waals surface area contributed by atoms with E-state index in [0.29, 0.717) is 16.5 Å². The summed E-state index contributed by atoms with van der Waals surface area (Å²) >= 11 is 1.39. The lowest BCUT2D eigenvalue weighted by Gasteiger charge is -1.97. The van der Waals surface area contributed by atoms with Crippen LogP contribution in [0, 0.1) is 19.7 Å². The molecule has 0 saturated carbocycles. The molecule has 2 aromatic heterocycles. The van der Waals surface area contributed by atoms with E-state index in [1.807, 2.05) is 13.8 Å². The fourth-order valence-electron chi connectivity index (χ4n) is 1.80. The number of hydrogen-bond acceptors (Lipinski definition) is 5. The molecule has 0 spiro atoms. The average Bonchev–Trinajstić information content (AvgIpc) is 3.08. The van der Waals surface area contributed by atoms with Gasteiger partial charge in [0.2, 0.25) is 0 Å². The Labute approximate surface area is 129 Å². The van der Waals surface area contributed by atoms with Crippen molar-refractivity contribution in [3.8, 4) is 11.3 Å². The Bertz CT molecular complexity index is 804. The Morgan fingerprint density at radius 1 is 1.27 bits per heavy atom. The van der Waals surface area contributed by atoms with Crippen LogP contribution >= 0.6 is 11.3 Å². The molecular weight excluding hydrogens is 305 g/mol. The van der Waals surface area contributed by atoms with Gasteiger partial charge in [0.15, 0.2) is 10.9 Å². The first kappa shape index (κ1) is 14.4. The maximum Gasteiger partial charge on any atom is 0.313 e. The molecule has 0 fully saturated rings. The molecule has 2 heterocycles. The molecule has 3 rings (SSSR count). The molecule has 0 bridgehead atoms. The van der Waals surface area contributed by atoms with Gasteiger partial charge in [-0.3, -0.25) is 10.1 Å². The lowest BCUT2D eigenvalue weighted by Crippen LogP contribution is -2.11. The zero-order valence-corrected chi connectivity index (χ0v) is 12.7. The van der Waals surface area contributed by atoms with Gasteiger partial charge >= 0.3 is 5.91 Å². The summed E-state index contributed by atoms with van der Waals surface area (Å²) in [6.07, 6.45) is 1.43. The number of rotatable bonds is 3. The zero-order valence-electron chi connectivity index (χ0n) is 11.9. The predicted molar refractivity (Wildman–Crippen MR) is 81.4 cm³/mol. The molecule has 5 nitrogen and oxygen atoms in total. The molecule has 7 heteroatoms. The molecule has 22 heavy (non-hydrogen) atoms. The van der Waals surface area contributed by atoms with Gasteiger partial charge in [0.25, 0.3) is 5.89 Å². The lowest BCUT2D eigenvalue weighted by atomic mass is 10.2. The van der Waals surface area contributed by atoms with E-state index in [0.717, 1.165) is 10.6 Å². The van der Waals surface area contributed by atoms with Crippen molar-refractivity contribution in [2.24, 2.45) is 0 Å². The van der Waals surface area contributed by atoms with Gasteiger partial charge in [-0.25, -0.2) is 14.4 Å². The molecule has 1 aromatic carbocycles. The van der Waals surface area contributed by atoms with Crippen LogP contribution < -0.4 is 5.32 Å². The van der Waals surface area contributed by atoms with Crippen LogP contribution in [0.1, 0.15) is 21.3 Å². The van der Waals surface area contributed by atoms with Crippen LogP contribution in [0.15, 0.2) is 34.9 Å². The summed E-state index contributed by atoms with van der Waals surface area (Å²) in [6, 6.07) is 5.76. The molecule has 0 saturated heterocycles. The number of nitrogens with one attached hydrogen (secondary N) is 1. The third-order valence-electron chi connectivity index (χ3n) is 3.08. The maximum atomic E-state index is 12.9. The highest BCUT2D eigenvalue weighted by Gasteiger charge is 2.16. The minimum Gasteiger partial charge on any atom is -0.432 e. The van der Waals surface area contributed by atoms with Crippen LogP contribution in [0.4, 0.5) is 9.52 Å². The van der Waals surface area contributed by atoms with Crippen molar-refractivity contribution in [1.82, 2.24) is 9.97 Å². The Morgan fingerprint density at radius 2 is 2.00 bits per heavy atom. The summed E-state index contributed by atoms with van der Waals surface area (Å²) in [5.41, 5.74) is 1.52. The van der Waals surface area contributed by atoms with Gasteiger partial charge in [-0.1, -0.05) is 0 Å². The van der Waals surface area contributed by atoms with Gasteiger partial charge in [-0.05, 0) is 38.1 Å². The highest BCUT2D eigenvalue weighted by atomic mass is 32.1. The van der Waals surface area contributed by atoms with E-state index in [1.165, 1.54) is 29.7 Å². The second-order valence-corrected chi connectivity index (χ2v) is 5.85. The number of anilines is 1. The summed E-state index contributed by atoms with van der Waals surface area (Å²) in [4.78, 5) is 21.3. The van der Waals surface area contributed by atoms with Crippen LogP contribution in [0.5, 0.6) is 0 Å². The Hall–Kier alpha value is -2.54. The quantitative estimate of drug-likeness (QED) is 0.797. The monoisotopic (exact) mass is 317 g/mol. The Balaban J connectivity index is 1.78. The number of oxazole rings is 1. The molecule has 112 valence electrons. The van der Waals surface area contributed by atoms with Gasteiger partial charge in [0, 0.05) is 10.4 Å². The number of aromatic nitrogens is 2. The number of aryl methyl sites for hydroxylation is 2. The summed E-state index contributed by atoms with van der Waals surface area (Å²) in [5.74, 6) is -0.473. The van der Waals surface area contributed by atoms with E-state index in [2.05, 4.69) is 15.3 Å². The first-order chi connectivity index (χ1) is 10.5. The fourth-order valence-corrected chi connectivity index (χ4v) is 2.61. The van der Waals surface area contributed by atoms with Crippen molar-refractivity contribution in [2.75, 3.05) is 5.32 Å². The van der Waals surface area contributed by atoms with Crippen molar-refractivity contribution in [3.63, 3.8) is 0 Å². The van der Waals surface area contributed by atoms with Crippen molar-refractivity contribution < 1.29 is 13.6 Å². The van der Waals surface area contributed by atoms with Crippen LogP contribution in [-0.4, -0.2) is 15.9 Å². The topological polar surface area (TPSA) is 68.0 Å². The molecule has 0 atom stereocenters. The van der Waals surface area contributed by atoms with Crippen molar-refractivity contribution in [3.05, 3.63) is 52.7 Å². The van der Waals surface area contributed by atoms with Crippen LogP contribution in [0.25, 0.3) is 11.3 Å². The van der Waals surface area contributed by atoms with Gasteiger partial charge < -0.3 is 4.42 Å². The standard InChI is InChI=1S/C15H12FN3O2S/c1-8-9(2)22-15(18-8)19-13(20)14-17-7-12(21-14)10-3-5-11(16)6-4-10/h3-7H,1-2H3,(H,18,19,20). The zero-order chi connectivity index (χ0) is 15.7. The number of halogens is 1. The molecule has 0 aliphatic rings. The first-order valence-corrected chi connectivity index (χ1v) is 7.32. The number of nitrogens with zero attached hydrogens (tertiary/aromatic N) is 2. The molecule has 0 aliphatic heterocycles. The summed E-state index contributed by atoms with van der Waals surface area (Å²) in [5, 5.41) is 3.15. The minimum absolute atomic E-state index is 0.0650. The lowest BCUT2D eigenvalue weighted by molar-refractivity contribution is 0.0991. The highest BCUT2D eigenvalue weighted by Crippen LogP contribution is 2.23. The number of amides is 1. The highest BCUT2D eigenvalue weighted by molar-refractivity contribution is 7.15. The van der Waals surface area contributed by atoms with Gasteiger partial charge in [0.1, 0.15) is 5.82 Å². The van der Waals surface area contributed by atoms with Gasteiger partial charge in [-0.2, -0.15) is 0 Å². The maximum absolute atomic E-state index is 12.9. The molecule has 0 radical (unpaired) electrons. The number of benzene rings is 1. The smallest absolute Gasteiger partial charge is 0.313 e. The van der Waals surface area contributed by atoms with Crippen molar-refractivity contribution in [1.29, 1.82) is 0 Å². The second-order valence-electron chi connectivity index (χ2n) is 4.65. The molecule has 1 N–H and O–H groups in total. The van der Waals surface area contributed by atoms with E-state index in [-0.39, 0.29) is 11.7 Å². The summed E-state index contributed by atoms with van der Waals surface area (Å²) in [7, 11) is 0. The Morgan fingerprint density at radius 3 is 2.64 bits per heavy atom. The van der Waals surface area contributed by atoms with Crippen LogP contribution in [-0.2, 0) is 0 Å². The molecular formula is C15H12FN3O2S. The molecule has 1 amide bonds. The summed E-state index contributed by atoms with van der Waals surface area (Å²) < 4.78 is 18.3. The van der Waals surface area contributed by atoms with Gasteiger partial charge in [-0.15, -0.1) is 11.3 Å². The van der Waals surface area contributed by atoms with Crippen LogP contribution in [0.2, 0.25) is 0 Å². The average molecular weight is 317 g/mol. The molecule has 3 aromatic rings. The third kappa shape index (κ3) is 2.89. The first-order valence-electron chi connectivity index (χ1n) is 6.50. The minimum atomic E-state index is -0.470. The van der Waals surface area contributed by atoms with Crippen LogP contribution in [0.3, 0.4) is 0 Å². The SMILES string of the molecule is Cc1nc(NC(=O)c2ncc(-c3ccc(F)cc3)o2)sc1C. The Kier molecular flexibility index (Phi) is 3.72. The summed E-state index contributed by atoms with van der Waals surface area (Å²) in [6.45, 7) is 3.81. The van der Waals surface area contributed by atoms with E-state index in [4.69, 9.17) is 4.42 Å². The number of hydrogen-bond donors (Lipinski definition) is 1. The van der Waals surface area contributed by atoms with Crippen molar-refractivity contribution >= 4 is 22.4 Å². The van der Waals surface area contributed by atoms with E-state index in [1.54, 1.807) is 12.1 Å². The second kappa shape index (κ2) is 5.69. The van der Waals surface area contributed by atoms with E-state index >= 15 is 0 Å². The molecule has 0 unspecified atom stereocenters. The predicted octanol–water partition coefficient (Wildman–Crippen LogP) is 3.81. The van der Waals surface area contributed by atoms with E-state index in [9.17, 15) is 9.18 Å². The van der Waals surface area contributed by atoms with Gasteiger partial charge in [0.05, 0.1) is 11.9 Å². The van der Waals surface area contributed by atoms with Crippen molar-refractivity contribution in [2.45, 2.75) is 13.8 Å².